The lowest BCUT2D eigenvalue weighted by molar-refractivity contribution is -0.200. The van der Waals surface area contributed by atoms with Gasteiger partial charge in [-0.1, -0.05) is 5.92 Å². The fraction of sp³-hybridized carbons (Fsp3) is 0.706. The number of hydrogen-bond acceptors (Lipinski definition) is 9. The largest absolute Gasteiger partial charge is 0.377 e. The van der Waals surface area contributed by atoms with E-state index in [0.29, 0.717) is 44.7 Å². The first-order valence-electron chi connectivity index (χ1n) is 8.54. The third-order valence-corrected chi connectivity index (χ3v) is 3.09. The van der Waals surface area contributed by atoms with E-state index in [-0.39, 0.29) is 39.3 Å². The number of carbonyl (C=O) groups is 3. The number of nitrogens with zero attached hydrogens (tertiary/aromatic N) is 1. The van der Waals surface area contributed by atoms with Crippen LogP contribution in [0.15, 0.2) is 0 Å². The van der Waals surface area contributed by atoms with Gasteiger partial charge >= 0.3 is 5.97 Å². The summed E-state index contributed by atoms with van der Waals surface area (Å²) in [4.78, 5) is 38.6. The molecule has 0 unspecified atom stereocenters. The highest BCUT2D eigenvalue weighted by molar-refractivity contribution is 6.01. The molecule has 27 heavy (non-hydrogen) atoms. The molecular formula is C17H25NO9. The molecular weight excluding hydrogens is 362 g/mol. The number of terminal acetylenes is 1. The predicted octanol–water partition coefficient (Wildman–Crippen LogP) is -0.690. The molecule has 1 aliphatic heterocycles. The molecule has 1 saturated heterocycles. The van der Waals surface area contributed by atoms with E-state index in [4.69, 9.17) is 30.1 Å². The standard InChI is InChI=1S/C17H25NO9/c1-2-5-22-6-7-23-8-9-24-10-11-25-12-13-26-14-17(21)27-18-15(19)3-4-16(18)20/h1H,3-14H2. The Labute approximate surface area is 157 Å². The Kier molecular flexibility index (Phi) is 12.8. The van der Waals surface area contributed by atoms with Crippen LogP contribution in [-0.4, -0.2) is 88.9 Å². The van der Waals surface area contributed by atoms with Crippen LogP contribution in [0.25, 0.3) is 0 Å². The molecule has 152 valence electrons. The van der Waals surface area contributed by atoms with Crippen molar-refractivity contribution in [1.29, 1.82) is 0 Å². The maximum absolute atomic E-state index is 11.4. The van der Waals surface area contributed by atoms with Crippen molar-refractivity contribution in [3.63, 3.8) is 0 Å². The first-order valence-corrected chi connectivity index (χ1v) is 8.54. The van der Waals surface area contributed by atoms with Crippen LogP contribution >= 0.6 is 0 Å². The monoisotopic (exact) mass is 387 g/mol. The summed E-state index contributed by atoms with van der Waals surface area (Å²) < 4.78 is 25.9. The molecule has 1 rings (SSSR count). The van der Waals surface area contributed by atoms with Gasteiger partial charge in [0.25, 0.3) is 11.8 Å². The zero-order chi connectivity index (χ0) is 19.7. The van der Waals surface area contributed by atoms with Crippen molar-refractivity contribution in [2.45, 2.75) is 12.8 Å². The molecule has 0 aromatic rings. The van der Waals surface area contributed by atoms with E-state index >= 15 is 0 Å². The predicted molar refractivity (Wildman–Crippen MR) is 90.1 cm³/mol. The average molecular weight is 387 g/mol. The molecule has 0 aliphatic carbocycles. The summed E-state index contributed by atoms with van der Waals surface area (Å²) in [5.41, 5.74) is 0. The van der Waals surface area contributed by atoms with Crippen molar-refractivity contribution < 1.29 is 42.9 Å². The van der Waals surface area contributed by atoms with Crippen molar-refractivity contribution in [2.24, 2.45) is 0 Å². The number of ether oxygens (including phenoxy) is 5. The number of imide groups is 1. The molecule has 0 aromatic carbocycles. The molecule has 10 nitrogen and oxygen atoms in total. The summed E-state index contributed by atoms with van der Waals surface area (Å²) >= 11 is 0. The highest BCUT2D eigenvalue weighted by Crippen LogP contribution is 2.11. The topological polar surface area (TPSA) is 110 Å². The third-order valence-electron chi connectivity index (χ3n) is 3.09. The Morgan fingerprint density at radius 2 is 1.26 bits per heavy atom. The second-order valence-electron chi connectivity index (χ2n) is 5.19. The van der Waals surface area contributed by atoms with Crippen LogP contribution in [-0.2, 0) is 42.9 Å². The molecule has 0 N–H and O–H groups in total. The number of hydroxylamine groups is 2. The van der Waals surface area contributed by atoms with Crippen LogP contribution in [0, 0.1) is 12.3 Å². The molecule has 2 amide bonds. The Morgan fingerprint density at radius 1 is 0.815 bits per heavy atom. The van der Waals surface area contributed by atoms with Gasteiger partial charge in [-0.25, -0.2) is 4.79 Å². The molecule has 1 heterocycles. The second-order valence-corrected chi connectivity index (χ2v) is 5.19. The van der Waals surface area contributed by atoms with Gasteiger partial charge in [0.15, 0.2) is 0 Å². The highest BCUT2D eigenvalue weighted by atomic mass is 16.7. The minimum atomic E-state index is -0.813. The average Bonchev–Trinajstić information content (AvgIpc) is 2.97. The van der Waals surface area contributed by atoms with E-state index in [2.05, 4.69) is 10.8 Å². The maximum Gasteiger partial charge on any atom is 0.358 e. The van der Waals surface area contributed by atoms with Crippen LogP contribution in [0.4, 0.5) is 0 Å². The SMILES string of the molecule is C#CCOCCOCCOCCOCCOCC(=O)ON1C(=O)CCC1=O. The summed E-state index contributed by atoms with van der Waals surface area (Å²) in [6.45, 7) is 2.90. The zero-order valence-electron chi connectivity index (χ0n) is 15.2. The van der Waals surface area contributed by atoms with E-state index in [0.717, 1.165) is 0 Å². The lowest BCUT2D eigenvalue weighted by Gasteiger charge is -2.12. The Balaban J connectivity index is 1.81. The molecule has 10 heteroatoms. The fourth-order valence-electron chi connectivity index (χ4n) is 1.85. The molecule has 1 aliphatic rings. The molecule has 0 aromatic heterocycles. The lowest BCUT2D eigenvalue weighted by atomic mass is 10.4. The normalized spacial score (nSPS) is 13.8. The molecule has 0 spiro atoms. The van der Waals surface area contributed by atoms with Crippen molar-refractivity contribution >= 4 is 17.8 Å². The first kappa shape index (κ1) is 23.0. The van der Waals surface area contributed by atoms with E-state index in [1.807, 2.05) is 0 Å². The lowest BCUT2D eigenvalue weighted by Crippen LogP contribution is -2.33. The third kappa shape index (κ3) is 11.3. The van der Waals surface area contributed by atoms with Crippen LogP contribution in [0.3, 0.4) is 0 Å². The van der Waals surface area contributed by atoms with Crippen LogP contribution in [0.2, 0.25) is 0 Å². The van der Waals surface area contributed by atoms with Gasteiger partial charge in [-0.15, -0.1) is 11.5 Å². The van der Waals surface area contributed by atoms with Gasteiger partial charge in [0.2, 0.25) is 0 Å². The summed E-state index contributed by atoms with van der Waals surface area (Å²) in [5, 5.41) is 0.480. The van der Waals surface area contributed by atoms with Crippen molar-refractivity contribution in [3.8, 4) is 12.3 Å². The van der Waals surface area contributed by atoms with Crippen molar-refractivity contribution in [1.82, 2.24) is 5.06 Å². The van der Waals surface area contributed by atoms with E-state index in [1.54, 1.807) is 0 Å². The molecule has 0 saturated carbocycles. The van der Waals surface area contributed by atoms with Gasteiger partial charge in [0, 0.05) is 12.8 Å². The van der Waals surface area contributed by atoms with Gasteiger partial charge < -0.3 is 28.5 Å². The number of rotatable bonds is 16. The van der Waals surface area contributed by atoms with Crippen LogP contribution in [0.5, 0.6) is 0 Å². The van der Waals surface area contributed by atoms with E-state index in [9.17, 15) is 14.4 Å². The smallest absolute Gasteiger partial charge is 0.358 e. The Morgan fingerprint density at radius 3 is 1.74 bits per heavy atom. The number of carbonyl (C=O) groups excluding carboxylic acids is 3. The summed E-state index contributed by atoms with van der Waals surface area (Å²) in [6, 6.07) is 0. The minimum Gasteiger partial charge on any atom is -0.377 e. The molecule has 0 bridgehead atoms. The van der Waals surface area contributed by atoms with Gasteiger partial charge in [-0.05, 0) is 0 Å². The first-order chi connectivity index (χ1) is 13.1. The maximum atomic E-state index is 11.4. The molecule has 1 fully saturated rings. The van der Waals surface area contributed by atoms with E-state index in [1.165, 1.54) is 0 Å². The van der Waals surface area contributed by atoms with E-state index < -0.39 is 17.8 Å². The van der Waals surface area contributed by atoms with Crippen molar-refractivity contribution in [2.75, 3.05) is 66.1 Å². The fourth-order valence-corrected chi connectivity index (χ4v) is 1.85. The minimum absolute atomic E-state index is 0.0515. The highest BCUT2D eigenvalue weighted by Gasteiger charge is 2.32. The summed E-state index contributed by atoms with van der Waals surface area (Å²) in [5.74, 6) is 0.490. The Hall–Kier alpha value is -2.03. The summed E-state index contributed by atoms with van der Waals surface area (Å²) in [7, 11) is 0. The number of amides is 2. The number of hydrogen-bond donors (Lipinski definition) is 0. The van der Waals surface area contributed by atoms with Gasteiger partial charge in [-0.2, -0.15) is 0 Å². The van der Waals surface area contributed by atoms with Crippen LogP contribution < -0.4 is 0 Å². The molecule has 0 atom stereocenters. The van der Waals surface area contributed by atoms with Gasteiger partial charge in [-0.3, -0.25) is 9.59 Å². The van der Waals surface area contributed by atoms with Crippen LogP contribution in [0.1, 0.15) is 12.8 Å². The Bertz CT molecular complexity index is 487. The summed E-state index contributed by atoms with van der Waals surface area (Å²) in [6.07, 6.45) is 5.13. The zero-order valence-corrected chi connectivity index (χ0v) is 15.2. The second kappa shape index (κ2) is 15.1. The van der Waals surface area contributed by atoms with Gasteiger partial charge in [0.1, 0.15) is 13.2 Å². The quantitative estimate of drug-likeness (QED) is 0.193. The van der Waals surface area contributed by atoms with Crippen molar-refractivity contribution in [3.05, 3.63) is 0 Å². The molecule has 0 radical (unpaired) electrons. The van der Waals surface area contributed by atoms with Gasteiger partial charge in [0.05, 0.1) is 52.9 Å².